The molecule has 4 nitrogen and oxygen atoms in total. The maximum absolute atomic E-state index is 9.14. The minimum atomic E-state index is 0.255. The maximum atomic E-state index is 9.14. The van der Waals surface area contributed by atoms with Crippen LogP contribution < -0.4 is 5.32 Å². The molecule has 20 heavy (non-hydrogen) atoms. The number of hydrogen-bond acceptors (Lipinski definition) is 4. The van der Waals surface area contributed by atoms with Crippen LogP contribution in [0.4, 0.5) is 5.69 Å². The first-order valence-electron chi connectivity index (χ1n) is 6.96. The van der Waals surface area contributed by atoms with Crippen LogP contribution in [-0.4, -0.2) is 55.6 Å². The second-order valence-electron chi connectivity index (χ2n) is 5.42. The average molecular weight is 293 g/mol. The summed E-state index contributed by atoms with van der Waals surface area (Å²) in [4.78, 5) is 4.79. The number of nitrogens with one attached hydrogen (secondary N) is 1. The van der Waals surface area contributed by atoms with E-state index in [-0.39, 0.29) is 6.04 Å². The highest BCUT2D eigenvalue weighted by atomic mass is 35.5. The van der Waals surface area contributed by atoms with Gasteiger partial charge in [-0.3, -0.25) is 4.90 Å². The predicted octanol–water partition coefficient (Wildman–Crippen LogP) is 2.26. The summed E-state index contributed by atoms with van der Waals surface area (Å²) in [6.45, 7) is 7.50. The van der Waals surface area contributed by atoms with Crippen LogP contribution >= 0.6 is 11.6 Å². The zero-order chi connectivity index (χ0) is 14.5. The number of anilines is 1. The molecule has 0 saturated carbocycles. The van der Waals surface area contributed by atoms with E-state index in [2.05, 4.69) is 35.2 Å². The standard InChI is InChI=1S/C15H21ClN4/c1-12(11-20-8-6-19(2)7-9-20)18-15-13(10-17)4-3-5-14(15)16/h3-5,12,18H,6-9,11H2,1-2H3. The van der Waals surface area contributed by atoms with E-state index in [1.54, 1.807) is 12.1 Å². The van der Waals surface area contributed by atoms with Crippen LogP contribution in [0.1, 0.15) is 12.5 Å². The summed E-state index contributed by atoms with van der Waals surface area (Å²) in [5.41, 5.74) is 1.35. The van der Waals surface area contributed by atoms with Crippen molar-refractivity contribution >= 4 is 17.3 Å². The first-order valence-corrected chi connectivity index (χ1v) is 7.34. The van der Waals surface area contributed by atoms with Gasteiger partial charge in [0.1, 0.15) is 6.07 Å². The molecule has 1 aliphatic rings. The highest BCUT2D eigenvalue weighted by Gasteiger charge is 2.17. The van der Waals surface area contributed by atoms with Crippen LogP contribution in [0.25, 0.3) is 0 Å². The van der Waals surface area contributed by atoms with Gasteiger partial charge < -0.3 is 10.2 Å². The number of piperazine rings is 1. The molecule has 0 radical (unpaired) electrons. The molecule has 5 heteroatoms. The van der Waals surface area contributed by atoms with Crippen LogP contribution in [0, 0.1) is 11.3 Å². The van der Waals surface area contributed by atoms with Gasteiger partial charge in [-0.15, -0.1) is 0 Å². The fraction of sp³-hybridized carbons (Fsp3) is 0.533. The Kier molecular flexibility index (Phi) is 5.24. The molecule has 1 unspecified atom stereocenters. The molecule has 1 fully saturated rings. The number of rotatable bonds is 4. The molecule has 0 spiro atoms. The zero-order valence-electron chi connectivity index (χ0n) is 12.1. The summed E-state index contributed by atoms with van der Waals surface area (Å²) in [7, 11) is 2.15. The summed E-state index contributed by atoms with van der Waals surface area (Å²) >= 11 is 6.18. The Hall–Kier alpha value is -1.28. The lowest BCUT2D eigenvalue weighted by Gasteiger charge is -2.34. The van der Waals surface area contributed by atoms with Crippen molar-refractivity contribution < 1.29 is 0 Å². The van der Waals surface area contributed by atoms with Gasteiger partial charge in [-0.1, -0.05) is 17.7 Å². The van der Waals surface area contributed by atoms with Gasteiger partial charge in [0.05, 0.1) is 16.3 Å². The molecule has 0 aromatic heterocycles. The molecule has 1 atom stereocenters. The Morgan fingerprint density at radius 3 is 2.70 bits per heavy atom. The van der Waals surface area contributed by atoms with Crippen LogP contribution in [-0.2, 0) is 0 Å². The van der Waals surface area contributed by atoms with E-state index < -0.39 is 0 Å². The van der Waals surface area contributed by atoms with Crippen molar-refractivity contribution in [3.63, 3.8) is 0 Å². The lowest BCUT2D eigenvalue weighted by atomic mass is 10.1. The van der Waals surface area contributed by atoms with Crippen LogP contribution in [0.2, 0.25) is 5.02 Å². The van der Waals surface area contributed by atoms with E-state index >= 15 is 0 Å². The second-order valence-corrected chi connectivity index (χ2v) is 5.83. The van der Waals surface area contributed by atoms with E-state index in [1.165, 1.54) is 0 Å². The first-order chi connectivity index (χ1) is 9.60. The van der Waals surface area contributed by atoms with Gasteiger partial charge in [-0.05, 0) is 26.1 Å². The van der Waals surface area contributed by atoms with E-state index in [0.29, 0.717) is 10.6 Å². The van der Waals surface area contributed by atoms with Crippen molar-refractivity contribution in [2.24, 2.45) is 0 Å². The Labute approximate surface area is 125 Å². The quantitative estimate of drug-likeness (QED) is 0.924. The van der Waals surface area contributed by atoms with Crippen molar-refractivity contribution in [3.8, 4) is 6.07 Å². The minimum absolute atomic E-state index is 0.255. The largest absolute Gasteiger partial charge is 0.379 e. The van der Waals surface area contributed by atoms with Crippen molar-refractivity contribution in [2.45, 2.75) is 13.0 Å². The number of hydrogen-bond donors (Lipinski definition) is 1. The lowest BCUT2D eigenvalue weighted by molar-refractivity contribution is 0.151. The first kappa shape index (κ1) is 15.1. The van der Waals surface area contributed by atoms with E-state index in [9.17, 15) is 0 Å². The Bertz CT molecular complexity index is 489. The lowest BCUT2D eigenvalue weighted by Crippen LogP contribution is -2.47. The number of benzene rings is 1. The van der Waals surface area contributed by atoms with Crippen molar-refractivity contribution in [1.82, 2.24) is 9.80 Å². The molecular formula is C15H21ClN4. The number of likely N-dealkylation sites (N-methyl/N-ethyl adjacent to an activating group) is 1. The van der Waals surface area contributed by atoms with E-state index in [4.69, 9.17) is 16.9 Å². The molecule has 1 aromatic rings. The molecule has 0 amide bonds. The minimum Gasteiger partial charge on any atom is -0.379 e. The van der Waals surface area contributed by atoms with Crippen LogP contribution in [0.5, 0.6) is 0 Å². The monoisotopic (exact) mass is 292 g/mol. The number of para-hydroxylation sites is 1. The third-order valence-corrected chi connectivity index (χ3v) is 3.97. The van der Waals surface area contributed by atoms with Crippen LogP contribution in [0.15, 0.2) is 18.2 Å². The summed E-state index contributed by atoms with van der Waals surface area (Å²) in [6.07, 6.45) is 0. The molecular weight excluding hydrogens is 272 g/mol. The fourth-order valence-corrected chi connectivity index (χ4v) is 2.70. The van der Waals surface area contributed by atoms with Gasteiger partial charge in [0, 0.05) is 38.8 Å². The highest BCUT2D eigenvalue weighted by molar-refractivity contribution is 6.33. The molecule has 1 saturated heterocycles. The molecule has 1 heterocycles. The summed E-state index contributed by atoms with van der Waals surface area (Å²) in [5, 5.41) is 13.1. The Balaban J connectivity index is 1.95. The van der Waals surface area contributed by atoms with Gasteiger partial charge in [-0.2, -0.15) is 5.26 Å². The molecule has 1 aliphatic heterocycles. The van der Waals surface area contributed by atoms with Gasteiger partial charge in [0.25, 0.3) is 0 Å². The number of nitrogens with zero attached hydrogens (tertiary/aromatic N) is 3. The molecule has 0 aliphatic carbocycles. The van der Waals surface area contributed by atoms with Gasteiger partial charge in [0.2, 0.25) is 0 Å². The van der Waals surface area contributed by atoms with E-state index in [1.807, 2.05) is 6.07 Å². The normalized spacial score (nSPS) is 18.5. The topological polar surface area (TPSA) is 42.3 Å². The number of nitriles is 1. The summed E-state index contributed by atoms with van der Waals surface area (Å²) in [6, 6.07) is 7.84. The fourth-order valence-electron chi connectivity index (χ4n) is 2.47. The third-order valence-electron chi connectivity index (χ3n) is 3.65. The number of halogens is 1. The van der Waals surface area contributed by atoms with E-state index in [0.717, 1.165) is 38.4 Å². The van der Waals surface area contributed by atoms with Crippen molar-refractivity contribution in [1.29, 1.82) is 5.26 Å². The highest BCUT2D eigenvalue weighted by Crippen LogP contribution is 2.26. The SMILES string of the molecule is CC(CN1CCN(C)CC1)Nc1c(Cl)cccc1C#N. The molecule has 108 valence electrons. The van der Waals surface area contributed by atoms with Gasteiger partial charge >= 0.3 is 0 Å². The summed E-state index contributed by atoms with van der Waals surface area (Å²) in [5.74, 6) is 0. The summed E-state index contributed by atoms with van der Waals surface area (Å²) < 4.78 is 0. The van der Waals surface area contributed by atoms with Crippen molar-refractivity contribution in [2.75, 3.05) is 45.1 Å². The molecule has 0 bridgehead atoms. The Morgan fingerprint density at radius 1 is 1.35 bits per heavy atom. The smallest absolute Gasteiger partial charge is 0.101 e. The Morgan fingerprint density at radius 2 is 2.05 bits per heavy atom. The zero-order valence-corrected chi connectivity index (χ0v) is 12.8. The third kappa shape index (κ3) is 3.86. The molecule has 1 N–H and O–H groups in total. The van der Waals surface area contributed by atoms with Gasteiger partial charge in [0.15, 0.2) is 0 Å². The second kappa shape index (κ2) is 6.94. The molecule has 1 aromatic carbocycles. The predicted molar refractivity (Wildman–Crippen MR) is 83.2 cm³/mol. The molecule has 2 rings (SSSR count). The maximum Gasteiger partial charge on any atom is 0.101 e. The van der Waals surface area contributed by atoms with Crippen LogP contribution in [0.3, 0.4) is 0 Å². The van der Waals surface area contributed by atoms with Gasteiger partial charge in [-0.25, -0.2) is 0 Å². The van der Waals surface area contributed by atoms with Crippen molar-refractivity contribution in [3.05, 3.63) is 28.8 Å². The average Bonchev–Trinajstić information content (AvgIpc) is 2.43.